The maximum absolute atomic E-state index is 11.9. The molecule has 1 N–H and O–H groups in total. The van der Waals surface area contributed by atoms with Crippen LogP contribution in [-0.4, -0.2) is 21.6 Å². The smallest absolute Gasteiger partial charge is 0.271 e. The van der Waals surface area contributed by atoms with Gasteiger partial charge in [-0.3, -0.25) is 14.9 Å². The van der Waals surface area contributed by atoms with E-state index in [9.17, 15) is 14.9 Å². The number of carbonyl (C=O) groups is 1. The Labute approximate surface area is 108 Å². The second-order valence-corrected chi connectivity index (χ2v) is 4.28. The number of benzene rings is 1. The van der Waals surface area contributed by atoms with Crippen LogP contribution in [-0.2, 0) is 0 Å². The van der Waals surface area contributed by atoms with Crippen LogP contribution in [0.15, 0.2) is 24.4 Å². The number of nitrogens with one attached hydrogen (secondary N) is 1. The van der Waals surface area contributed by atoms with Crippen molar-refractivity contribution >= 4 is 34.0 Å². The topological polar surface area (TPSA) is 76.0 Å². The third-order valence-electron chi connectivity index (χ3n) is 2.71. The highest BCUT2D eigenvalue weighted by molar-refractivity contribution is 6.18. The number of hydrogen-bond acceptors (Lipinski definition) is 3. The first kappa shape index (κ1) is 12.6. The normalized spacial score (nSPS) is 10.7. The average Bonchev–Trinajstić information content (AvgIpc) is 2.78. The molecule has 94 valence electrons. The highest BCUT2D eigenvalue weighted by Gasteiger charge is 2.14. The van der Waals surface area contributed by atoms with Gasteiger partial charge in [-0.15, -0.1) is 11.6 Å². The molecule has 1 heterocycles. The summed E-state index contributed by atoms with van der Waals surface area (Å²) in [5, 5.41) is 11.3. The molecule has 0 saturated heterocycles. The molecule has 0 aliphatic rings. The quantitative estimate of drug-likeness (QED) is 0.390. The van der Waals surface area contributed by atoms with Gasteiger partial charge in [0.2, 0.25) is 0 Å². The molecule has 0 saturated carbocycles. The standard InChI is InChI=1S/C12H11ClN2O3/c13-5-1-2-12(16)10-7-14-11-6-8(15(17)18)3-4-9(10)11/h3-4,6-7,14H,1-2,5H2. The van der Waals surface area contributed by atoms with Gasteiger partial charge in [0, 0.05) is 41.6 Å². The molecule has 0 aliphatic carbocycles. The zero-order valence-electron chi connectivity index (χ0n) is 9.48. The number of hydrogen-bond donors (Lipinski definition) is 1. The van der Waals surface area contributed by atoms with Gasteiger partial charge < -0.3 is 4.98 Å². The number of halogens is 1. The molecule has 0 aliphatic heterocycles. The SMILES string of the molecule is O=C(CCCCl)c1c[nH]c2cc([N+](=O)[O-])ccc12. The minimum atomic E-state index is -0.463. The van der Waals surface area contributed by atoms with Crippen molar-refractivity contribution in [3.05, 3.63) is 40.1 Å². The summed E-state index contributed by atoms with van der Waals surface area (Å²) in [6, 6.07) is 4.42. The molecule has 0 unspecified atom stereocenters. The Hall–Kier alpha value is -1.88. The Balaban J connectivity index is 2.37. The number of non-ortho nitro benzene ring substituents is 1. The summed E-state index contributed by atoms with van der Waals surface area (Å²) >= 11 is 5.55. The predicted molar refractivity (Wildman–Crippen MR) is 69.2 cm³/mol. The third-order valence-corrected chi connectivity index (χ3v) is 2.98. The first-order valence-electron chi connectivity index (χ1n) is 5.48. The molecular formula is C12H11ClN2O3. The number of carbonyl (C=O) groups excluding carboxylic acids is 1. The summed E-state index contributed by atoms with van der Waals surface area (Å²) < 4.78 is 0. The van der Waals surface area contributed by atoms with Crippen LogP contribution >= 0.6 is 11.6 Å². The number of H-pyrrole nitrogens is 1. The third kappa shape index (κ3) is 2.36. The maximum Gasteiger partial charge on any atom is 0.271 e. The van der Waals surface area contributed by atoms with Gasteiger partial charge in [0.25, 0.3) is 5.69 Å². The van der Waals surface area contributed by atoms with Crippen molar-refractivity contribution < 1.29 is 9.72 Å². The zero-order chi connectivity index (χ0) is 13.1. The molecule has 0 fully saturated rings. The summed E-state index contributed by atoms with van der Waals surface area (Å²) in [6.07, 6.45) is 2.60. The highest BCUT2D eigenvalue weighted by Crippen LogP contribution is 2.24. The van der Waals surface area contributed by atoms with E-state index in [1.165, 1.54) is 12.1 Å². The number of nitrogens with zero attached hydrogens (tertiary/aromatic N) is 1. The molecule has 5 nitrogen and oxygen atoms in total. The largest absolute Gasteiger partial charge is 0.360 e. The van der Waals surface area contributed by atoms with Crippen molar-refractivity contribution in [2.24, 2.45) is 0 Å². The van der Waals surface area contributed by atoms with Crippen LogP contribution < -0.4 is 0 Å². The van der Waals surface area contributed by atoms with E-state index in [0.717, 1.165) is 0 Å². The molecule has 6 heteroatoms. The van der Waals surface area contributed by atoms with Crippen LogP contribution in [0.4, 0.5) is 5.69 Å². The molecule has 1 aromatic heterocycles. The van der Waals surface area contributed by atoms with Gasteiger partial charge in [-0.05, 0) is 12.5 Å². The Morgan fingerprint density at radius 1 is 1.44 bits per heavy atom. The fourth-order valence-corrected chi connectivity index (χ4v) is 1.95. The molecule has 2 rings (SSSR count). The molecule has 0 amide bonds. The van der Waals surface area contributed by atoms with Crippen LogP contribution in [0.25, 0.3) is 10.9 Å². The second kappa shape index (κ2) is 5.18. The van der Waals surface area contributed by atoms with E-state index in [1.807, 2.05) is 0 Å². The van der Waals surface area contributed by atoms with Crippen molar-refractivity contribution in [2.75, 3.05) is 5.88 Å². The van der Waals surface area contributed by atoms with Crippen LogP contribution in [0.5, 0.6) is 0 Å². The van der Waals surface area contributed by atoms with Gasteiger partial charge in [0.15, 0.2) is 5.78 Å². The second-order valence-electron chi connectivity index (χ2n) is 3.91. The van der Waals surface area contributed by atoms with Gasteiger partial charge in [-0.2, -0.15) is 0 Å². The minimum absolute atomic E-state index is 0.00380. The molecule has 1 aromatic carbocycles. The van der Waals surface area contributed by atoms with E-state index in [4.69, 9.17) is 11.6 Å². The monoisotopic (exact) mass is 266 g/mol. The van der Waals surface area contributed by atoms with Crippen LogP contribution in [0.2, 0.25) is 0 Å². The van der Waals surface area contributed by atoms with Gasteiger partial charge in [-0.1, -0.05) is 0 Å². The van der Waals surface area contributed by atoms with E-state index in [-0.39, 0.29) is 11.5 Å². The lowest BCUT2D eigenvalue weighted by atomic mass is 10.1. The summed E-state index contributed by atoms with van der Waals surface area (Å²) in [5.74, 6) is 0.440. The fourth-order valence-electron chi connectivity index (χ4n) is 1.82. The van der Waals surface area contributed by atoms with E-state index >= 15 is 0 Å². The van der Waals surface area contributed by atoms with Crippen molar-refractivity contribution in [2.45, 2.75) is 12.8 Å². The molecular weight excluding hydrogens is 256 g/mol. The van der Waals surface area contributed by atoms with Crippen LogP contribution in [0.3, 0.4) is 0 Å². The summed E-state index contributed by atoms with van der Waals surface area (Å²) in [4.78, 5) is 24.9. The van der Waals surface area contributed by atoms with Crippen molar-refractivity contribution in [3.8, 4) is 0 Å². The fraction of sp³-hybridized carbons (Fsp3) is 0.250. The zero-order valence-corrected chi connectivity index (χ0v) is 10.2. The number of nitro groups is 1. The number of fused-ring (bicyclic) bond motifs is 1. The molecule has 0 spiro atoms. The Bertz CT molecular complexity index is 606. The number of aromatic nitrogens is 1. The molecule has 0 radical (unpaired) electrons. The van der Waals surface area contributed by atoms with E-state index in [1.54, 1.807) is 12.3 Å². The lowest BCUT2D eigenvalue weighted by molar-refractivity contribution is -0.384. The summed E-state index contributed by atoms with van der Waals surface area (Å²) in [6.45, 7) is 0. The predicted octanol–water partition coefficient (Wildman–Crippen LogP) is 3.28. The van der Waals surface area contributed by atoms with Gasteiger partial charge in [0.1, 0.15) is 0 Å². The van der Waals surface area contributed by atoms with Crippen LogP contribution in [0.1, 0.15) is 23.2 Å². The van der Waals surface area contributed by atoms with Crippen molar-refractivity contribution in [1.29, 1.82) is 0 Å². The van der Waals surface area contributed by atoms with Gasteiger partial charge in [0.05, 0.1) is 10.4 Å². The first-order chi connectivity index (χ1) is 8.63. The number of ketones is 1. The maximum atomic E-state index is 11.9. The Kier molecular flexibility index (Phi) is 3.62. The lowest BCUT2D eigenvalue weighted by Crippen LogP contribution is -1.98. The molecule has 18 heavy (non-hydrogen) atoms. The molecule has 0 atom stereocenters. The minimum Gasteiger partial charge on any atom is -0.360 e. The van der Waals surface area contributed by atoms with Crippen molar-refractivity contribution in [3.63, 3.8) is 0 Å². The number of alkyl halides is 1. The van der Waals surface area contributed by atoms with Gasteiger partial charge in [-0.25, -0.2) is 0 Å². The van der Waals surface area contributed by atoms with E-state index in [2.05, 4.69) is 4.98 Å². The summed E-state index contributed by atoms with van der Waals surface area (Å²) in [5.41, 5.74) is 1.16. The van der Waals surface area contributed by atoms with Crippen LogP contribution in [0, 0.1) is 10.1 Å². The average molecular weight is 267 g/mol. The number of Topliss-reactive ketones (excluding diaryl/α,β-unsaturated/α-hetero) is 1. The van der Waals surface area contributed by atoms with Gasteiger partial charge >= 0.3 is 0 Å². The Morgan fingerprint density at radius 3 is 2.89 bits per heavy atom. The molecule has 0 bridgehead atoms. The summed E-state index contributed by atoms with van der Waals surface area (Å²) in [7, 11) is 0. The van der Waals surface area contributed by atoms with E-state index < -0.39 is 4.92 Å². The van der Waals surface area contributed by atoms with Crippen molar-refractivity contribution in [1.82, 2.24) is 4.98 Å². The Morgan fingerprint density at radius 2 is 2.22 bits per heavy atom. The molecule has 2 aromatic rings. The highest BCUT2D eigenvalue weighted by atomic mass is 35.5. The number of rotatable bonds is 5. The number of nitro benzene ring substituents is 1. The number of aromatic amines is 1. The lowest BCUT2D eigenvalue weighted by Gasteiger charge is -1.97. The first-order valence-corrected chi connectivity index (χ1v) is 6.01. The van der Waals surface area contributed by atoms with E-state index in [0.29, 0.717) is 35.2 Å².